The molecule has 2 aromatic rings. The minimum Gasteiger partial charge on any atom is -0.494 e. The van der Waals surface area contributed by atoms with Crippen LogP contribution in [-0.2, 0) is 4.79 Å². The predicted octanol–water partition coefficient (Wildman–Crippen LogP) is 6.10. The lowest BCUT2D eigenvalue weighted by atomic mass is 10.2. The van der Waals surface area contributed by atoms with E-state index in [4.69, 9.17) is 21.1 Å². The maximum absolute atomic E-state index is 12.3. The summed E-state index contributed by atoms with van der Waals surface area (Å²) in [6.07, 6.45) is 5.40. The van der Waals surface area contributed by atoms with Gasteiger partial charge in [-0.1, -0.05) is 56.3 Å². The van der Waals surface area contributed by atoms with Crippen LogP contribution in [0.1, 0.15) is 46.0 Å². The number of hydrogen-bond acceptors (Lipinski definition) is 3. The van der Waals surface area contributed by atoms with Crippen LogP contribution < -0.4 is 14.8 Å². The Morgan fingerprint density at radius 3 is 2.44 bits per heavy atom. The molecule has 0 spiro atoms. The number of carbonyl (C=O) groups is 1. The van der Waals surface area contributed by atoms with Gasteiger partial charge in [-0.3, -0.25) is 4.79 Å². The average molecular weight is 390 g/mol. The number of ether oxygens (including phenoxy) is 2. The first-order valence-corrected chi connectivity index (χ1v) is 9.93. The molecule has 1 atom stereocenters. The Morgan fingerprint density at radius 1 is 1.04 bits per heavy atom. The number of benzene rings is 2. The molecule has 0 aliphatic rings. The lowest BCUT2D eigenvalue weighted by Gasteiger charge is -2.15. The van der Waals surface area contributed by atoms with Crippen molar-refractivity contribution in [2.45, 2.75) is 52.1 Å². The van der Waals surface area contributed by atoms with Gasteiger partial charge in [-0.25, -0.2) is 0 Å². The second kappa shape index (κ2) is 11.5. The standard InChI is InChI=1S/C22H28ClNO3/c1-3-4-5-6-9-16-26-19-14-12-18(13-15-19)24-22(25)17(2)27-21-11-8-7-10-20(21)23/h7-8,10-15,17H,3-6,9,16H2,1-2H3,(H,24,25). The Labute approximate surface area is 166 Å². The molecular formula is C22H28ClNO3. The third kappa shape index (κ3) is 7.51. The van der Waals surface area contributed by atoms with Crippen molar-refractivity contribution < 1.29 is 14.3 Å². The van der Waals surface area contributed by atoms with Crippen molar-refractivity contribution >= 4 is 23.2 Å². The fraction of sp³-hybridized carbons (Fsp3) is 0.409. The summed E-state index contributed by atoms with van der Waals surface area (Å²) in [4.78, 5) is 12.3. The highest BCUT2D eigenvalue weighted by molar-refractivity contribution is 6.32. The van der Waals surface area contributed by atoms with Crippen LogP contribution >= 0.6 is 11.6 Å². The lowest BCUT2D eigenvalue weighted by Crippen LogP contribution is -2.30. The molecule has 1 amide bonds. The summed E-state index contributed by atoms with van der Waals surface area (Å²) in [6.45, 7) is 4.62. The Morgan fingerprint density at radius 2 is 1.74 bits per heavy atom. The van der Waals surface area contributed by atoms with Crippen molar-refractivity contribution in [1.29, 1.82) is 0 Å². The quantitative estimate of drug-likeness (QED) is 0.472. The predicted molar refractivity (Wildman–Crippen MR) is 111 cm³/mol. The van der Waals surface area contributed by atoms with Crippen molar-refractivity contribution in [2.24, 2.45) is 0 Å². The number of para-hydroxylation sites is 1. The van der Waals surface area contributed by atoms with E-state index >= 15 is 0 Å². The van der Waals surface area contributed by atoms with Gasteiger partial charge in [0.2, 0.25) is 0 Å². The first-order chi connectivity index (χ1) is 13.1. The van der Waals surface area contributed by atoms with Gasteiger partial charge in [-0.15, -0.1) is 0 Å². The minimum absolute atomic E-state index is 0.237. The van der Waals surface area contributed by atoms with Crippen LogP contribution in [0.5, 0.6) is 11.5 Å². The molecule has 5 heteroatoms. The molecular weight excluding hydrogens is 362 g/mol. The number of nitrogens with one attached hydrogen (secondary N) is 1. The van der Waals surface area contributed by atoms with E-state index in [-0.39, 0.29) is 5.91 Å². The number of halogens is 1. The summed E-state index contributed by atoms with van der Waals surface area (Å²) in [5, 5.41) is 3.32. The van der Waals surface area contributed by atoms with Crippen molar-refractivity contribution in [1.82, 2.24) is 0 Å². The number of hydrogen-bond donors (Lipinski definition) is 1. The molecule has 4 nitrogen and oxygen atoms in total. The topological polar surface area (TPSA) is 47.6 Å². The highest BCUT2D eigenvalue weighted by Gasteiger charge is 2.16. The highest BCUT2D eigenvalue weighted by Crippen LogP contribution is 2.24. The maximum Gasteiger partial charge on any atom is 0.265 e. The van der Waals surface area contributed by atoms with Crippen LogP contribution in [0.2, 0.25) is 5.02 Å². The smallest absolute Gasteiger partial charge is 0.265 e. The zero-order chi connectivity index (χ0) is 19.5. The first-order valence-electron chi connectivity index (χ1n) is 9.55. The molecule has 0 fully saturated rings. The summed E-state index contributed by atoms with van der Waals surface area (Å²) in [5.74, 6) is 1.06. The van der Waals surface area contributed by atoms with Crippen LogP contribution in [0.25, 0.3) is 0 Å². The zero-order valence-electron chi connectivity index (χ0n) is 16.0. The monoisotopic (exact) mass is 389 g/mol. The third-order valence-corrected chi connectivity index (χ3v) is 4.46. The van der Waals surface area contributed by atoms with Gasteiger partial charge in [0.1, 0.15) is 11.5 Å². The molecule has 0 bridgehead atoms. The number of rotatable bonds is 11. The van der Waals surface area contributed by atoms with E-state index in [1.807, 2.05) is 36.4 Å². The Bertz CT molecular complexity index is 703. The summed E-state index contributed by atoms with van der Waals surface area (Å²) in [7, 11) is 0. The summed E-state index contributed by atoms with van der Waals surface area (Å²) in [5.41, 5.74) is 0.699. The number of unbranched alkanes of at least 4 members (excludes halogenated alkanes) is 4. The zero-order valence-corrected chi connectivity index (χ0v) is 16.8. The first kappa shape index (κ1) is 21.1. The van der Waals surface area contributed by atoms with Crippen molar-refractivity contribution in [3.05, 3.63) is 53.6 Å². The fourth-order valence-electron chi connectivity index (χ4n) is 2.56. The van der Waals surface area contributed by atoms with Gasteiger partial charge >= 0.3 is 0 Å². The lowest BCUT2D eigenvalue weighted by molar-refractivity contribution is -0.122. The molecule has 0 saturated heterocycles. The molecule has 27 heavy (non-hydrogen) atoms. The summed E-state index contributed by atoms with van der Waals surface area (Å²) >= 11 is 6.06. The number of anilines is 1. The summed E-state index contributed by atoms with van der Waals surface area (Å²) < 4.78 is 11.4. The second-order valence-electron chi connectivity index (χ2n) is 6.47. The second-order valence-corrected chi connectivity index (χ2v) is 6.87. The number of amides is 1. The van der Waals surface area contributed by atoms with E-state index in [1.54, 1.807) is 19.1 Å². The number of carbonyl (C=O) groups excluding carboxylic acids is 1. The van der Waals surface area contributed by atoms with Crippen LogP contribution in [0.3, 0.4) is 0 Å². The van der Waals surface area contributed by atoms with Gasteiger partial charge in [-0.05, 0) is 49.7 Å². The highest BCUT2D eigenvalue weighted by atomic mass is 35.5. The third-order valence-electron chi connectivity index (χ3n) is 4.15. The molecule has 0 saturated carbocycles. The molecule has 2 rings (SSSR count). The molecule has 0 heterocycles. The van der Waals surface area contributed by atoms with E-state index < -0.39 is 6.10 Å². The van der Waals surface area contributed by atoms with Crippen molar-refractivity contribution in [3.63, 3.8) is 0 Å². The van der Waals surface area contributed by atoms with E-state index in [9.17, 15) is 4.79 Å². The van der Waals surface area contributed by atoms with Crippen LogP contribution in [0.15, 0.2) is 48.5 Å². The van der Waals surface area contributed by atoms with E-state index in [2.05, 4.69) is 12.2 Å². The van der Waals surface area contributed by atoms with Gasteiger partial charge in [0.15, 0.2) is 6.10 Å². The summed E-state index contributed by atoms with van der Waals surface area (Å²) in [6, 6.07) is 14.5. The fourth-order valence-corrected chi connectivity index (χ4v) is 2.74. The van der Waals surface area contributed by atoms with Gasteiger partial charge in [0.05, 0.1) is 11.6 Å². The molecule has 2 aromatic carbocycles. The molecule has 0 aliphatic carbocycles. The van der Waals surface area contributed by atoms with Crippen LogP contribution in [-0.4, -0.2) is 18.6 Å². The maximum atomic E-state index is 12.3. The molecule has 146 valence electrons. The molecule has 0 radical (unpaired) electrons. The van der Waals surface area contributed by atoms with Gasteiger partial charge in [-0.2, -0.15) is 0 Å². The molecule has 1 unspecified atom stereocenters. The van der Waals surface area contributed by atoms with E-state index in [0.29, 0.717) is 16.5 Å². The van der Waals surface area contributed by atoms with Crippen LogP contribution in [0, 0.1) is 0 Å². The van der Waals surface area contributed by atoms with Crippen LogP contribution in [0.4, 0.5) is 5.69 Å². The largest absolute Gasteiger partial charge is 0.494 e. The van der Waals surface area contributed by atoms with Gasteiger partial charge in [0, 0.05) is 5.69 Å². The Hall–Kier alpha value is -2.20. The molecule has 0 aromatic heterocycles. The molecule has 0 aliphatic heterocycles. The minimum atomic E-state index is -0.663. The Balaban J connectivity index is 1.76. The van der Waals surface area contributed by atoms with Gasteiger partial charge in [0.25, 0.3) is 5.91 Å². The SMILES string of the molecule is CCCCCCCOc1ccc(NC(=O)C(C)Oc2ccccc2Cl)cc1. The van der Waals surface area contributed by atoms with Crippen molar-refractivity contribution in [3.8, 4) is 11.5 Å². The van der Waals surface area contributed by atoms with Crippen molar-refractivity contribution in [2.75, 3.05) is 11.9 Å². The normalized spacial score (nSPS) is 11.7. The van der Waals surface area contributed by atoms with E-state index in [1.165, 1.54) is 25.7 Å². The average Bonchev–Trinajstić information content (AvgIpc) is 2.67. The Kier molecular flexibility index (Phi) is 8.99. The van der Waals surface area contributed by atoms with E-state index in [0.717, 1.165) is 18.8 Å². The van der Waals surface area contributed by atoms with Gasteiger partial charge < -0.3 is 14.8 Å². The molecule has 1 N–H and O–H groups in total.